The van der Waals surface area contributed by atoms with Crippen molar-refractivity contribution in [3.63, 3.8) is 0 Å². The van der Waals surface area contributed by atoms with Crippen LogP contribution in [0.25, 0.3) is 0 Å². The Labute approximate surface area is 93.1 Å². The minimum atomic E-state index is -2.50. The molecule has 6 heteroatoms. The Bertz CT molecular complexity index is 334. The third kappa shape index (κ3) is 3.96. The molecule has 0 atom stereocenters. The summed E-state index contributed by atoms with van der Waals surface area (Å²) in [6, 6.07) is 1.50. The third-order valence-electron chi connectivity index (χ3n) is 1.84. The Morgan fingerprint density at radius 3 is 2.75 bits per heavy atom. The van der Waals surface area contributed by atoms with Crippen molar-refractivity contribution in [2.24, 2.45) is 0 Å². The average Bonchev–Trinajstić information content (AvgIpc) is 2.26. The van der Waals surface area contributed by atoms with Gasteiger partial charge in [-0.3, -0.25) is 0 Å². The number of nitrogens with zero attached hydrogens (tertiary/aromatic N) is 2. The molecule has 0 aliphatic carbocycles. The van der Waals surface area contributed by atoms with Crippen LogP contribution < -0.4 is 10.1 Å². The lowest BCUT2D eigenvalue weighted by Crippen LogP contribution is -2.10. The standard InChI is InChI=1S/C10H15F2N3O/c1-3-4-8-14-9(13-2)5-10(15-8)16-6-7(11)12/h5,7H,3-4,6H2,1-2H3,(H,13,14,15). The van der Waals surface area contributed by atoms with E-state index >= 15 is 0 Å². The number of anilines is 1. The van der Waals surface area contributed by atoms with Crippen molar-refractivity contribution in [2.45, 2.75) is 26.2 Å². The van der Waals surface area contributed by atoms with Crippen molar-refractivity contribution in [1.82, 2.24) is 9.97 Å². The predicted octanol–water partition coefficient (Wildman–Crippen LogP) is 2.11. The summed E-state index contributed by atoms with van der Waals surface area (Å²) in [6.07, 6.45) is -0.912. The molecule has 16 heavy (non-hydrogen) atoms. The summed E-state index contributed by atoms with van der Waals surface area (Å²) in [4.78, 5) is 8.22. The Morgan fingerprint density at radius 2 is 2.19 bits per heavy atom. The number of aryl methyl sites for hydroxylation is 1. The lowest BCUT2D eigenvalue weighted by molar-refractivity contribution is 0.0794. The number of alkyl halides is 2. The molecule has 0 radical (unpaired) electrons. The number of aromatic nitrogens is 2. The van der Waals surface area contributed by atoms with Crippen LogP contribution in [0.15, 0.2) is 6.07 Å². The first-order valence-electron chi connectivity index (χ1n) is 5.12. The largest absolute Gasteiger partial charge is 0.471 e. The van der Waals surface area contributed by atoms with E-state index < -0.39 is 13.0 Å². The number of nitrogens with one attached hydrogen (secondary N) is 1. The molecule has 0 bridgehead atoms. The van der Waals surface area contributed by atoms with Crippen LogP contribution in [0.1, 0.15) is 19.2 Å². The van der Waals surface area contributed by atoms with E-state index in [0.29, 0.717) is 18.1 Å². The SMILES string of the molecule is CCCc1nc(NC)cc(OCC(F)F)n1. The highest BCUT2D eigenvalue weighted by molar-refractivity contribution is 5.37. The van der Waals surface area contributed by atoms with E-state index in [9.17, 15) is 8.78 Å². The molecule has 0 fully saturated rings. The molecule has 0 aliphatic rings. The van der Waals surface area contributed by atoms with Gasteiger partial charge in [-0.05, 0) is 6.42 Å². The van der Waals surface area contributed by atoms with Gasteiger partial charge in [-0.25, -0.2) is 13.8 Å². The zero-order valence-electron chi connectivity index (χ0n) is 9.33. The second-order valence-corrected chi connectivity index (χ2v) is 3.21. The first kappa shape index (κ1) is 12.6. The minimum Gasteiger partial charge on any atom is -0.471 e. The van der Waals surface area contributed by atoms with Crippen LogP contribution >= 0.6 is 0 Å². The van der Waals surface area contributed by atoms with Crippen molar-refractivity contribution in [1.29, 1.82) is 0 Å². The van der Waals surface area contributed by atoms with Gasteiger partial charge >= 0.3 is 0 Å². The molecule has 1 rings (SSSR count). The summed E-state index contributed by atoms with van der Waals surface area (Å²) >= 11 is 0. The van der Waals surface area contributed by atoms with Crippen LogP contribution in [-0.4, -0.2) is 30.0 Å². The van der Waals surface area contributed by atoms with Gasteiger partial charge in [-0.2, -0.15) is 4.98 Å². The molecule has 1 aromatic heterocycles. The highest BCUT2D eigenvalue weighted by Gasteiger charge is 2.07. The Morgan fingerprint density at radius 1 is 1.44 bits per heavy atom. The molecular weight excluding hydrogens is 216 g/mol. The normalized spacial score (nSPS) is 10.6. The average molecular weight is 231 g/mol. The van der Waals surface area contributed by atoms with Crippen LogP contribution in [-0.2, 0) is 6.42 Å². The van der Waals surface area contributed by atoms with Gasteiger partial charge < -0.3 is 10.1 Å². The van der Waals surface area contributed by atoms with Gasteiger partial charge in [0, 0.05) is 19.5 Å². The molecule has 0 aromatic carbocycles. The molecule has 1 heterocycles. The Hall–Kier alpha value is -1.46. The fourth-order valence-electron chi connectivity index (χ4n) is 1.16. The molecule has 4 nitrogen and oxygen atoms in total. The molecule has 0 saturated heterocycles. The lowest BCUT2D eigenvalue weighted by atomic mass is 10.3. The highest BCUT2D eigenvalue weighted by Crippen LogP contribution is 2.14. The summed E-state index contributed by atoms with van der Waals surface area (Å²) in [7, 11) is 1.70. The Kier molecular flexibility index (Phi) is 4.88. The second kappa shape index (κ2) is 6.19. The molecule has 0 unspecified atom stereocenters. The van der Waals surface area contributed by atoms with Crippen LogP contribution in [0.5, 0.6) is 5.88 Å². The second-order valence-electron chi connectivity index (χ2n) is 3.21. The van der Waals surface area contributed by atoms with Crippen LogP contribution in [0, 0.1) is 0 Å². The van der Waals surface area contributed by atoms with Gasteiger partial charge in [0.05, 0.1) is 0 Å². The maximum atomic E-state index is 12.0. The Balaban J connectivity index is 2.77. The van der Waals surface area contributed by atoms with Gasteiger partial charge in [0.1, 0.15) is 11.6 Å². The van der Waals surface area contributed by atoms with Gasteiger partial charge in [0.25, 0.3) is 6.43 Å². The number of hydrogen-bond acceptors (Lipinski definition) is 4. The van der Waals surface area contributed by atoms with Crippen LogP contribution in [0.2, 0.25) is 0 Å². The highest BCUT2D eigenvalue weighted by atomic mass is 19.3. The molecule has 0 saturated carbocycles. The van der Waals surface area contributed by atoms with E-state index in [4.69, 9.17) is 4.74 Å². The maximum Gasteiger partial charge on any atom is 0.272 e. The molecule has 0 spiro atoms. The van der Waals surface area contributed by atoms with E-state index in [1.165, 1.54) is 6.07 Å². The minimum absolute atomic E-state index is 0.183. The first-order chi connectivity index (χ1) is 7.65. The number of rotatable bonds is 6. The van der Waals surface area contributed by atoms with Crippen molar-refractivity contribution >= 4 is 5.82 Å². The van der Waals surface area contributed by atoms with E-state index in [1.807, 2.05) is 6.92 Å². The zero-order chi connectivity index (χ0) is 12.0. The monoisotopic (exact) mass is 231 g/mol. The number of ether oxygens (including phenoxy) is 1. The summed E-state index contributed by atoms with van der Waals surface area (Å²) in [6.45, 7) is 1.35. The summed E-state index contributed by atoms with van der Waals surface area (Å²) in [5.41, 5.74) is 0. The third-order valence-corrected chi connectivity index (χ3v) is 1.84. The van der Waals surface area contributed by atoms with Crippen molar-refractivity contribution in [2.75, 3.05) is 19.0 Å². The molecule has 1 aromatic rings. The molecule has 90 valence electrons. The predicted molar refractivity (Wildman–Crippen MR) is 57.1 cm³/mol. The van der Waals surface area contributed by atoms with E-state index in [2.05, 4.69) is 15.3 Å². The fraction of sp³-hybridized carbons (Fsp3) is 0.600. The lowest BCUT2D eigenvalue weighted by Gasteiger charge is -2.08. The molecule has 0 amide bonds. The molecular formula is C10H15F2N3O. The number of halogens is 2. The molecule has 1 N–H and O–H groups in total. The van der Waals surface area contributed by atoms with Crippen molar-refractivity contribution in [3.05, 3.63) is 11.9 Å². The van der Waals surface area contributed by atoms with Crippen molar-refractivity contribution in [3.8, 4) is 5.88 Å². The van der Waals surface area contributed by atoms with Crippen LogP contribution in [0.3, 0.4) is 0 Å². The fourth-order valence-corrected chi connectivity index (χ4v) is 1.16. The summed E-state index contributed by atoms with van der Waals surface area (Å²) in [5.74, 6) is 1.35. The first-order valence-corrected chi connectivity index (χ1v) is 5.12. The van der Waals surface area contributed by atoms with Gasteiger partial charge in [0.2, 0.25) is 5.88 Å². The van der Waals surface area contributed by atoms with Gasteiger partial charge in [-0.1, -0.05) is 6.92 Å². The number of hydrogen-bond donors (Lipinski definition) is 1. The summed E-state index contributed by atoms with van der Waals surface area (Å²) < 4.78 is 28.8. The topological polar surface area (TPSA) is 47.0 Å². The smallest absolute Gasteiger partial charge is 0.272 e. The summed E-state index contributed by atoms with van der Waals surface area (Å²) in [5, 5.41) is 2.84. The van der Waals surface area contributed by atoms with Gasteiger partial charge in [-0.15, -0.1) is 0 Å². The molecule has 0 aliphatic heterocycles. The van der Waals surface area contributed by atoms with Crippen LogP contribution in [0.4, 0.5) is 14.6 Å². The quantitative estimate of drug-likeness (QED) is 0.814. The zero-order valence-corrected chi connectivity index (χ0v) is 9.33. The van der Waals surface area contributed by atoms with E-state index in [0.717, 1.165) is 6.42 Å². The van der Waals surface area contributed by atoms with Gasteiger partial charge in [0.15, 0.2) is 6.61 Å². The van der Waals surface area contributed by atoms with E-state index in [1.54, 1.807) is 7.05 Å². The maximum absolute atomic E-state index is 12.0. The van der Waals surface area contributed by atoms with E-state index in [-0.39, 0.29) is 5.88 Å². The van der Waals surface area contributed by atoms with Crippen molar-refractivity contribution < 1.29 is 13.5 Å².